The fraction of sp³-hybridized carbons (Fsp3) is 0.273. The molecule has 1 atom stereocenters. The highest BCUT2D eigenvalue weighted by atomic mass is 35.5. The van der Waals surface area contributed by atoms with E-state index in [0.717, 1.165) is 16.8 Å². The van der Waals surface area contributed by atoms with Gasteiger partial charge in [0.2, 0.25) is 5.95 Å². The van der Waals surface area contributed by atoms with Gasteiger partial charge in [-0.1, -0.05) is 25.4 Å². The summed E-state index contributed by atoms with van der Waals surface area (Å²) in [6.07, 6.45) is 5.06. The molecule has 10 heteroatoms. The molecule has 0 bridgehead atoms. The summed E-state index contributed by atoms with van der Waals surface area (Å²) in [4.78, 5) is 30.9. The van der Waals surface area contributed by atoms with Gasteiger partial charge in [-0.15, -0.1) is 0 Å². The minimum Gasteiger partial charge on any atom is -0.447 e. The normalized spacial score (nSPS) is 16.2. The number of rotatable bonds is 6. The van der Waals surface area contributed by atoms with E-state index in [4.69, 9.17) is 16.3 Å². The third-order valence-corrected chi connectivity index (χ3v) is 5.74. The molecule has 4 aromatic rings. The average molecular weight is 452 g/mol. The van der Waals surface area contributed by atoms with Crippen LogP contribution >= 0.6 is 11.6 Å². The highest BCUT2D eigenvalue weighted by Crippen LogP contribution is 2.31. The first kappa shape index (κ1) is 20.3. The number of carbonyl (C=O) groups is 1. The van der Waals surface area contributed by atoms with Crippen LogP contribution in [0.2, 0.25) is 5.02 Å². The summed E-state index contributed by atoms with van der Waals surface area (Å²) in [6, 6.07) is 9.31. The summed E-state index contributed by atoms with van der Waals surface area (Å²) in [7, 11) is 0. The Morgan fingerprint density at radius 1 is 1.25 bits per heavy atom. The molecule has 0 aliphatic carbocycles. The van der Waals surface area contributed by atoms with Crippen molar-refractivity contribution in [2.24, 2.45) is 5.92 Å². The van der Waals surface area contributed by atoms with Crippen LogP contribution in [0.25, 0.3) is 16.7 Å². The molecule has 1 unspecified atom stereocenters. The summed E-state index contributed by atoms with van der Waals surface area (Å²) < 4.78 is 7.23. The number of ether oxygens (including phenoxy) is 1. The Bertz CT molecular complexity index is 1270. The van der Waals surface area contributed by atoms with Crippen molar-refractivity contribution in [1.29, 1.82) is 0 Å². The smallest absolute Gasteiger partial charge is 0.415 e. The predicted molar refractivity (Wildman–Crippen MR) is 122 cm³/mol. The Morgan fingerprint density at radius 3 is 2.84 bits per heavy atom. The third kappa shape index (κ3) is 3.75. The molecule has 3 aromatic heterocycles. The Labute approximate surface area is 189 Å². The second-order valence-corrected chi connectivity index (χ2v) is 8.41. The molecule has 0 spiro atoms. The van der Waals surface area contributed by atoms with Crippen molar-refractivity contribution < 1.29 is 9.53 Å². The monoisotopic (exact) mass is 451 g/mol. The highest BCUT2D eigenvalue weighted by molar-refractivity contribution is 6.30. The number of hydrogen-bond donors (Lipinski definition) is 2. The minimum absolute atomic E-state index is 0.0848. The maximum absolute atomic E-state index is 12.5. The molecular weight excluding hydrogens is 430 g/mol. The Morgan fingerprint density at radius 2 is 2.06 bits per heavy atom. The number of cyclic esters (lactones) is 1. The number of imidazole rings is 1. The average Bonchev–Trinajstić information content (AvgIpc) is 3.52. The van der Waals surface area contributed by atoms with Gasteiger partial charge in [-0.25, -0.2) is 9.78 Å². The number of nitrogens with one attached hydrogen (secondary N) is 2. The zero-order valence-corrected chi connectivity index (χ0v) is 18.4. The molecule has 1 amide bonds. The number of anilines is 2. The second kappa shape index (κ2) is 8.16. The molecule has 164 valence electrons. The van der Waals surface area contributed by atoms with E-state index in [-0.39, 0.29) is 12.0 Å². The predicted octanol–water partition coefficient (Wildman–Crippen LogP) is 4.39. The van der Waals surface area contributed by atoms with Gasteiger partial charge < -0.3 is 19.6 Å². The lowest BCUT2D eigenvalue weighted by molar-refractivity contribution is 0.177. The van der Waals surface area contributed by atoms with Crippen LogP contribution < -0.4 is 10.2 Å². The second-order valence-electron chi connectivity index (χ2n) is 7.97. The number of amides is 1. The fourth-order valence-corrected chi connectivity index (χ4v) is 3.86. The van der Waals surface area contributed by atoms with Gasteiger partial charge in [-0.05, 0) is 36.2 Å². The van der Waals surface area contributed by atoms with Gasteiger partial charge in [0.25, 0.3) is 0 Å². The molecule has 0 radical (unpaired) electrons. The first-order valence-electron chi connectivity index (χ1n) is 10.3. The number of aromatic nitrogens is 5. The van der Waals surface area contributed by atoms with E-state index in [1.54, 1.807) is 17.4 Å². The molecule has 32 heavy (non-hydrogen) atoms. The molecule has 1 fully saturated rings. The van der Waals surface area contributed by atoms with E-state index in [2.05, 4.69) is 39.1 Å². The first-order valence-corrected chi connectivity index (χ1v) is 10.7. The Kier molecular flexibility index (Phi) is 5.18. The van der Waals surface area contributed by atoms with E-state index in [9.17, 15) is 4.79 Å². The molecule has 0 saturated carbocycles. The summed E-state index contributed by atoms with van der Waals surface area (Å²) in [5.74, 6) is 1.16. The lowest BCUT2D eigenvalue weighted by Crippen LogP contribution is -2.38. The van der Waals surface area contributed by atoms with Crippen LogP contribution in [0.3, 0.4) is 0 Å². The van der Waals surface area contributed by atoms with Crippen LogP contribution in [0, 0.1) is 5.92 Å². The van der Waals surface area contributed by atoms with Gasteiger partial charge >= 0.3 is 6.09 Å². The maximum Gasteiger partial charge on any atom is 0.415 e. The van der Waals surface area contributed by atoms with Gasteiger partial charge in [0, 0.05) is 23.1 Å². The largest absolute Gasteiger partial charge is 0.447 e. The number of fused-ring (bicyclic) bond motifs is 1. The number of halogens is 1. The van der Waals surface area contributed by atoms with Crippen molar-refractivity contribution in [2.45, 2.75) is 26.4 Å². The van der Waals surface area contributed by atoms with Crippen LogP contribution in [-0.2, 0) is 11.3 Å². The standard InChI is InChI=1S/C22H22ClN7O2/c1-13(2)18-11-32-22(31)30(18)20-17-7-8-24-19(17)27-21(28-20)25-9-15-10-29(12-26-15)16-5-3-14(23)4-6-16/h3-8,10,12-13,18H,9,11H2,1-2H3,(H2,24,25,27,28). The molecule has 5 rings (SSSR count). The molecule has 1 aliphatic rings. The number of H-pyrrole nitrogens is 1. The van der Waals surface area contributed by atoms with Crippen LogP contribution in [-0.4, -0.2) is 43.2 Å². The number of benzene rings is 1. The zero-order chi connectivity index (χ0) is 22.2. The lowest BCUT2D eigenvalue weighted by atomic mass is 10.0. The van der Waals surface area contributed by atoms with Crippen LogP contribution in [0.4, 0.5) is 16.6 Å². The van der Waals surface area contributed by atoms with Crippen molar-refractivity contribution in [3.8, 4) is 5.69 Å². The van der Waals surface area contributed by atoms with E-state index in [1.807, 2.05) is 41.1 Å². The van der Waals surface area contributed by atoms with Crippen LogP contribution in [0.15, 0.2) is 49.1 Å². The van der Waals surface area contributed by atoms with Crippen molar-refractivity contribution in [3.63, 3.8) is 0 Å². The van der Waals surface area contributed by atoms with Crippen LogP contribution in [0.1, 0.15) is 19.5 Å². The molecular formula is C22H22ClN7O2. The van der Waals surface area contributed by atoms with Crippen molar-refractivity contribution >= 4 is 40.5 Å². The molecule has 1 saturated heterocycles. The maximum atomic E-state index is 12.5. The first-order chi connectivity index (χ1) is 15.5. The topological polar surface area (TPSA) is 101 Å². The van der Waals surface area contributed by atoms with Gasteiger partial charge in [-0.2, -0.15) is 9.97 Å². The SMILES string of the molecule is CC(C)C1COC(=O)N1c1nc(NCc2cn(-c3ccc(Cl)cc3)cn2)nc2[nH]ccc12. The van der Waals surface area contributed by atoms with Gasteiger partial charge in [0.15, 0.2) is 5.82 Å². The van der Waals surface area contributed by atoms with Crippen molar-refractivity contribution in [2.75, 3.05) is 16.8 Å². The summed E-state index contributed by atoms with van der Waals surface area (Å²) >= 11 is 5.97. The van der Waals surface area contributed by atoms with E-state index >= 15 is 0 Å². The van der Waals surface area contributed by atoms with E-state index in [0.29, 0.717) is 35.6 Å². The van der Waals surface area contributed by atoms with Gasteiger partial charge in [0.1, 0.15) is 12.3 Å². The number of hydrogen-bond acceptors (Lipinski definition) is 6. The van der Waals surface area contributed by atoms with E-state index in [1.165, 1.54) is 0 Å². The van der Waals surface area contributed by atoms with Crippen molar-refractivity contribution in [1.82, 2.24) is 24.5 Å². The minimum atomic E-state index is -0.391. The third-order valence-electron chi connectivity index (χ3n) is 5.49. The summed E-state index contributed by atoms with van der Waals surface area (Å²) in [5.41, 5.74) is 2.43. The van der Waals surface area contributed by atoms with Crippen LogP contribution in [0.5, 0.6) is 0 Å². The Hall–Kier alpha value is -3.59. The fourth-order valence-electron chi connectivity index (χ4n) is 3.74. The van der Waals surface area contributed by atoms with Gasteiger partial charge in [-0.3, -0.25) is 4.90 Å². The summed E-state index contributed by atoms with van der Waals surface area (Å²) in [5, 5.41) is 4.68. The van der Waals surface area contributed by atoms with E-state index < -0.39 is 6.09 Å². The number of aromatic amines is 1. The molecule has 9 nitrogen and oxygen atoms in total. The number of carbonyl (C=O) groups excluding carboxylic acids is 1. The summed E-state index contributed by atoms with van der Waals surface area (Å²) in [6.45, 7) is 4.89. The van der Waals surface area contributed by atoms with Crippen molar-refractivity contribution in [3.05, 3.63) is 59.8 Å². The quantitative estimate of drug-likeness (QED) is 0.451. The molecule has 4 heterocycles. The highest BCUT2D eigenvalue weighted by Gasteiger charge is 2.38. The number of nitrogens with zero attached hydrogens (tertiary/aromatic N) is 5. The van der Waals surface area contributed by atoms with Gasteiger partial charge in [0.05, 0.1) is 30.0 Å². The zero-order valence-electron chi connectivity index (χ0n) is 17.6. The Balaban J connectivity index is 1.40. The lowest BCUT2D eigenvalue weighted by Gasteiger charge is -2.24. The molecule has 2 N–H and O–H groups in total. The molecule has 1 aromatic carbocycles. The molecule has 1 aliphatic heterocycles.